The molecule has 0 fully saturated rings. The molecule has 1 N–H and O–H groups in total. The van der Waals surface area contributed by atoms with E-state index in [0.29, 0.717) is 6.54 Å². The third kappa shape index (κ3) is 6.37. The van der Waals surface area contributed by atoms with Gasteiger partial charge in [-0.1, -0.05) is 29.8 Å². The molecule has 25 heavy (non-hydrogen) atoms. The smallest absolute Gasteiger partial charge is 0.311 e. The first-order valence-corrected chi connectivity index (χ1v) is 9.17. The van der Waals surface area contributed by atoms with Crippen LogP contribution in [0.3, 0.4) is 0 Å². The minimum atomic E-state index is -0.764. The molecule has 0 aliphatic heterocycles. The first-order valence-electron chi connectivity index (χ1n) is 9.17. The molecule has 4 nitrogen and oxygen atoms in total. The number of carbonyl (C=O) groups excluding carboxylic acids is 2. The number of esters is 1. The zero-order chi connectivity index (χ0) is 18.2. The molecule has 1 aliphatic rings. The predicted octanol–water partition coefficient (Wildman–Crippen LogP) is 3.78. The van der Waals surface area contributed by atoms with Gasteiger partial charge in [-0.3, -0.25) is 9.59 Å². The maximum Gasteiger partial charge on any atom is 0.311 e. The van der Waals surface area contributed by atoms with E-state index in [1.807, 2.05) is 32.0 Å². The number of allylic oxidation sites excluding steroid dienone is 1. The van der Waals surface area contributed by atoms with Gasteiger partial charge < -0.3 is 10.1 Å². The van der Waals surface area contributed by atoms with Gasteiger partial charge in [-0.05, 0) is 69.6 Å². The van der Waals surface area contributed by atoms with Crippen LogP contribution >= 0.6 is 0 Å². The monoisotopic (exact) mass is 343 g/mol. The molecule has 2 rings (SSSR count). The molecule has 0 saturated heterocycles. The van der Waals surface area contributed by atoms with Crippen LogP contribution in [0.1, 0.15) is 55.7 Å². The lowest BCUT2D eigenvalue weighted by Crippen LogP contribution is -2.36. The molecule has 1 atom stereocenters. The Morgan fingerprint density at radius 1 is 1.20 bits per heavy atom. The Bertz CT molecular complexity index is 649. The molecule has 0 saturated carbocycles. The van der Waals surface area contributed by atoms with E-state index in [1.165, 1.54) is 24.0 Å². The summed E-state index contributed by atoms with van der Waals surface area (Å²) in [5.41, 5.74) is 4.67. The van der Waals surface area contributed by atoms with Gasteiger partial charge in [0.15, 0.2) is 6.10 Å². The third-order valence-corrected chi connectivity index (χ3v) is 4.73. The molecule has 0 unspecified atom stereocenters. The van der Waals surface area contributed by atoms with Crippen molar-refractivity contribution in [1.82, 2.24) is 5.32 Å². The highest BCUT2D eigenvalue weighted by molar-refractivity contribution is 5.83. The minimum absolute atomic E-state index is 0.186. The van der Waals surface area contributed by atoms with Gasteiger partial charge in [0.1, 0.15) is 0 Å². The lowest BCUT2D eigenvalue weighted by atomic mass is 9.97. The quantitative estimate of drug-likeness (QED) is 0.605. The van der Waals surface area contributed by atoms with Crippen LogP contribution in [0.4, 0.5) is 0 Å². The fraction of sp³-hybridized carbons (Fsp3) is 0.524. The van der Waals surface area contributed by atoms with E-state index in [-0.39, 0.29) is 18.3 Å². The van der Waals surface area contributed by atoms with E-state index in [9.17, 15) is 9.59 Å². The molecule has 0 bridgehead atoms. The second-order valence-electron chi connectivity index (χ2n) is 6.88. The Labute approximate surface area is 150 Å². The van der Waals surface area contributed by atoms with Crippen LogP contribution in [-0.2, 0) is 20.7 Å². The van der Waals surface area contributed by atoms with Gasteiger partial charge in [0.2, 0.25) is 0 Å². The predicted molar refractivity (Wildman–Crippen MR) is 99.4 cm³/mol. The van der Waals surface area contributed by atoms with Crippen LogP contribution in [0, 0.1) is 13.8 Å². The number of hydrogen-bond acceptors (Lipinski definition) is 3. The Balaban J connectivity index is 1.72. The molecular formula is C21H29NO3. The van der Waals surface area contributed by atoms with Gasteiger partial charge in [-0.15, -0.1) is 0 Å². The summed E-state index contributed by atoms with van der Waals surface area (Å²) in [5.74, 6) is -0.606. The van der Waals surface area contributed by atoms with Crippen molar-refractivity contribution in [3.05, 3.63) is 46.5 Å². The number of hydrogen-bond donors (Lipinski definition) is 1. The molecule has 0 aromatic heterocycles. The molecule has 1 amide bonds. The molecule has 0 spiro atoms. The van der Waals surface area contributed by atoms with Gasteiger partial charge in [0.05, 0.1) is 6.42 Å². The zero-order valence-electron chi connectivity index (χ0n) is 15.6. The topological polar surface area (TPSA) is 55.4 Å². The van der Waals surface area contributed by atoms with Crippen molar-refractivity contribution in [3.8, 4) is 0 Å². The van der Waals surface area contributed by atoms with E-state index in [4.69, 9.17) is 4.74 Å². The summed E-state index contributed by atoms with van der Waals surface area (Å²) < 4.78 is 5.26. The van der Waals surface area contributed by atoms with E-state index >= 15 is 0 Å². The van der Waals surface area contributed by atoms with Crippen molar-refractivity contribution in [2.75, 3.05) is 6.54 Å². The summed E-state index contributed by atoms with van der Waals surface area (Å²) in [6, 6.07) is 5.90. The lowest BCUT2D eigenvalue weighted by molar-refractivity contribution is -0.154. The fourth-order valence-electron chi connectivity index (χ4n) is 2.99. The summed E-state index contributed by atoms with van der Waals surface area (Å²) in [5, 5.41) is 2.86. The highest BCUT2D eigenvalue weighted by atomic mass is 16.5. The van der Waals surface area contributed by atoms with Crippen LogP contribution < -0.4 is 5.32 Å². The number of ether oxygens (including phenoxy) is 1. The number of nitrogens with one attached hydrogen (secondary N) is 1. The number of benzene rings is 1. The largest absolute Gasteiger partial charge is 0.452 e. The Morgan fingerprint density at radius 2 is 2.00 bits per heavy atom. The number of amides is 1. The summed E-state index contributed by atoms with van der Waals surface area (Å²) in [7, 11) is 0. The number of aryl methyl sites for hydroxylation is 2. The molecule has 4 heteroatoms. The van der Waals surface area contributed by atoms with Crippen LogP contribution in [-0.4, -0.2) is 24.5 Å². The van der Waals surface area contributed by atoms with Crippen LogP contribution in [0.2, 0.25) is 0 Å². The fourth-order valence-corrected chi connectivity index (χ4v) is 2.99. The summed E-state index contributed by atoms with van der Waals surface area (Å²) in [6.45, 7) is 6.27. The van der Waals surface area contributed by atoms with Gasteiger partial charge >= 0.3 is 5.97 Å². The van der Waals surface area contributed by atoms with E-state index in [2.05, 4.69) is 11.4 Å². The summed E-state index contributed by atoms with van der Waals surface area (Å²) >= 11 is 0. The first-order chi connectivity index (χ1) is 12.0. The maximum absolute atomic E-state index is 12.1. The van der Waals surface area contributed by atoms with Crippen molar-refractivity contribution >= 4 is 11.9 Å². The van der Waals surface area contributed by atoms with Crippen LogP contribution in [0.15, 0.2) is 29.8 Å². The van der Waals surface area contributed by atoms with E-state index in [1.54, 1.807) is 6.92 Å². The van der Waals surface area contributed by atoms with Crippen molar-refractivity contribution in [2.24, 2.45) is 0 Å². The van der Waals surface area contributed by atoms with Gasteiger partial charge in [-0.2, -0.15) is 0 Å². The highest BCUT2D eigenvalue weighted by Gasteiger charge is 2.18. The van der Waals surface area contributed by atoms with Gasteiger partial charge in [-0.25, -0.2) is 0 Å². The summed E-state index contributed by atoms with van der Waals surface area (Å²) in [6.07, 6.45) is 7.38. The summed E-state index contributed by atoms with van der Waals surface area (Å²) in [4.78, 5) is 24.1. The second kappa shape index (κ2) is 9.40. The molecule has 0 heterocycles. The van der Waals surface area contributed by atoms with E-state index in [0.717, 1.165) is 30.4 Å². The van der Waals surface area contributed by atoms with Gasteiger partial charge in [0.25, 0.3) is 5.91 Å². The second-order valence-corrected chi connectivity index (χ2v) is 6.88. The van der Waals surface area contributed by atoms with Crippen LogP contribution in [0.25, 0.3) is 0 Å². The van der Waals surface area contributed by atoms with Crippen molar-refractivity contribution in [2.45, 2.75) is 65.4 Å². The van der Waals surface area contributed by atoms with Crippen LogP contribution in [0.5, 0.6) is 0 Å². The molecular weight excluding hydrogens is 314 g/mol. The number of carbonyl (C=O) groups is 2. The van der Waals surface area contributed by atoms with E-state index < -0.39 is 6.10 Å². The average molecular weight is 343 g/mol. The highest BCUT2D eigenvalue weighted by Crippen LogP contribution is 2.19. The zero-order valence-corrected chi connectivity index (χ0v) is 15.6. The Morgan fingerprint density at radius 3 is 2.68 bits per heavy atom. The molecule has 136 valence electrons. The lowest BCUT2D eigenvalue weighted by Gasteiger charge is -2.16. The normalized spacial score (nSPS) is 15.2. The van der Waals surface area contributed by atoms with Gasteiger partial charge in [0, 0.05) is 6.54 Å². The Hall–Kier alpha value is -2.10. The standard InChI is InChI=1S/C21H29NO3/c1-15-9-10-19(13-16(15)2)14-20(23)25-17(3)21(24)22-12-11-18-7-5-4-6-8-18/h7,9-10,13,17H,4-6,8,11-12,14H2,1-3H3,(H,22,24)/t17-/m0/s1. The average Bonchev–Trinajstić information content (AvgIpc) is 2.59. The first kappa shape index (κ1) is 19.2. The van der Waals surface area contributed by atoms with Crippen molar-refractivity contribution in [1.29, 1.82) is 0 Å². The minimum Gasteiger partial charge on any atom is -0.452 e. The number of rotatable bonds is 7. The maximum atomic E-state index is 12.1. The van der Waals surface area contributed by atoms with Crippen molar-refractivity contribution < 1.29 is 14.3 Å². The van der Waals surface area contributed by atoms with Crippen molar-refractivity contribution in [3.63, 3.8) is 0 Å². The Kier molecular flexibility index (Phi) is 7.23. The molecule has 1 aromatic rings. The SMILES string of the molecule is Cc1ccc(CC(=O)O[C@@H](C)C(=O)NCCC2=CCCCC2)cc1C. The molecule has 1 aliphatic carbocycles. The third-order valence-electron chi connectivity index (χ3n) is 4.73. The molecule has 0 radical (unpaired) electrons. The molecule has 1 aromatic carbocycles.